The van der Waals surface area contributed by atoms with E-state index >= 15 is 0 Å². The smallest absolute Gasteiger partial charge is 0.0829 e. The summed E-state index contributed by atoms with van der Waals surface area (Å²) in [5.41, 5.74) is 0. The van der Waals surface area contributed by atoms with E-state index in [1.807, 2.05) is 7.05 Å². The molecule has 1 aliphatic carbocycles. The molecule has 0 amide bonds. The number of nitrogens with zero attached hydrogens (tertiary/aromatic N) is 1. The predicted octanol–water partition coefficient (Wildman–Crippen LogP) is -0.306. The van der Waals surface area contributed by atoms with Crippen molar-refractivity contribution in [2.24, 2.45) is 0 Å². The van der Waals surface area contributed by atoms with E-state index in [2.05, 4.69) is 17.3 Å². The van der Waals surface area contributed by atoms with Crippen LogP contribution in [0.15, 0.2) is 0 Å². The fourth-order valence-corrected chi connectivity index (χ4v) is 1.82. The Morgan fingerprint density at radius 3 is 2.57 bits per heavy atom. The highest BCUT2D eigenvalue weighted by atomic mass is 16.5. The SMILES string of the molecule is CNC1CC1OCCOC1CN(C)C1. The summed E-state index contributed by atoms with van der Waals surface area (Å²) in [5.74, 6) is 0. The fraction of sp³-hybridized carbons (Fsp3) is 1.00. The zero-order valence-electron chi connectivity index (χ0n) is 9.03. The van der Waals surface area contributed by atoms with E-state index in [1.54, 1.807) is 0 Å². The molecule has 4 heteroatoms. The minimum absolute atomic E-state index is 0.438. The Bertz CT molecular complexity index is 179. The molecule has 0 aromatic carbocycles. The first-order chi connectivity index (χ1) is 6.79. The standard InChI is InChI=1S/C10H20N2O2/c1-11-9-5-10(9)14-4-3-13-8-6-12(2)7-8/h8-11H,3-7H2,1-2H3. The van der Waals surface area contributed by atoms with Crippen molar-refractivity contribution in [3.63, 3.8) is 0 Å². The summed E-state index contributed by atoms with van der Waals surface area (Å²) in [6, 6.07) is 0.588. The molecule has 1 heterocycles. The molecule has 2 atom stereocenters. The third-order valence-electron chi connectivity index (χ3n) is 2.90. The highest BCUT2D eigenvalue weighted by Gasteiger charge is 2.36. The van der Waals surface area contributed by atoms with Gasteiger partial charge in [0, 0.05) is 19.1 Å². The molecule has 2 fully saturated rings. The molecule has 1 aliphatic heterocycles. The van der Waals surface area contributed by atoms with Crippen molar-refractivity contribution in [2.45, 2.75) is 24.7 Å². The van der Waals surface area contributed by atoms with Crippen LogP contribution in [0.25, 0.3) is 0 Å². The summed E-state index contributed by atoms with van der Waals surface area (Å²) in [4.78, 5) is 2.25. The second-order valence-corrected chi connectivity index (χ2v) is 4.25. The summed E-state index contributed by atoms with van der Waals surface area (Å²) < 4.78 is 11.2. The predicted molar refractivity (Wildman–Crippen MR) is 54.4 cm³/mol. The molecule has 1 saturated carbocycles. The van der Waals surface area contributed by atoms with Crippen molar-refractivity contribution >= 4 is 0 Å². The van der Waals surface area contributed by atoms with Gasteiger partial charge in [-0.3, -0.25) is 0 Å². The molecule has 2 aliphatic rings. The van der Waals surface area contributed by atoms with Gasteiger partial charge in [0.25, 0.3) is 0 Å². The zero-order chi connectivity index (χ0) is 9.97. The number of hydrogen-bond acceptors (Lipinski definition) is 4. The summed E-state index contributed by atoms with van der Waals surface area (Å²) in [7, 11) is 4.09. The Kier molecular flexibility index (Phi) is 3.38. The summed E-state index contributed by atoms with van der Waals surface area (Å²) in [6.07, 6.45) is 2.04. The average Bonchev–Trinajstić information content (AvgIpc) is 2.87. The Hall–Kier alpha value is -0.160. The van der Waals surface area contributed by atoms with Crippen LogP contribution in [-0.2, 0) is 9.47 Å². The van der Waals surface area contributed by atoms with Crippen LogP contribution >= 0.6 is 0 Å². The van der Waals surface area contributed by atoms with E-state index in [-0.39, 0.29) is 0 Å². The van der Waals surface area contributed by atoms with E-state index < -0.39 is 0 Å². The van der Waals surface area contributed by atoms with Gasteiger partial charge in [-0.2, -0.15) is 0 Å². The van der Waals surface area contributed by atoms with Crippen molar-refractivity contribution in [3.8, 4) is 0 Å². The minimum atomic E-state index is 0.438. The van der Waals surface area contributed by atoms with Crippen LogP contribution in [0.2, 0.25) is 0 Å². The summed E-state index contributed by atoms with van der Waals surface area (Å²) in [5, 5.41) is 3.19. The lowest BCUT2D eigenvalue weighted by molar-refractivity contribution is -0.0640. The normalized spacial score (nSPS) is 33.0. The minimum Gasteiger partial charge on any atom is -0.374 e. The molecule has 1 saturated heterocycles. The third kappa shape index (κ3) is 2.67. The highest BCUT2D eigenvalue weighted by molar-refractivity contribution is 4.93. The zero-order valence-corrected chi connectivity index (χ0v) is 9.03. The summed E-state index contributed by atoms with van der Waals surface area (Å²) in [6.45, 7) is 3.62. The Labute approximate surface area is 85.5 Å². The molecule has 0 aromatic heterocycles. The van der Waals surface area contributed by atoms with Crippen LogP contribution in [0, 0.1) is 0 Å². The van der Waals surface area contributed by atoms with Crippen LogP contribution < -0.4 is 5.32 Å². The van der Waals surface area contributed by atoms with E-state index in [9.17, 15) is 0 Å². The van der Waals surface area contributed by atoms with E-state index in [0.29, 0.717) is 18.2 Å². The molecule has 14 heavy (non-hydrogen) atoms. The van der Waals surface area contributed by atoms with Crippen LogP contribution in [-0.4, -0.2) is 63.5 Å². The second-order valence-electron chi connectivity index (χ2n) is 4.25. The van der Waals surface area contributed by atoms with Crippen molar-refractivity contribution in [3.05, 3.63) is 0 Å². The Morgan fingerprint density at radius 1 is 1.29 bits per heavy atom. The monoisotopic (exact) mass is 200 g/mol. The first kappa shape index (κ1) is 10.4. The fourth-order valence-electron chi connectivity index (χ4n) is 1.82. The molecule has 0 spiro atoms. The number of likely N-dealkylation sites (N-methyl/N-ethyl adjacent to an activating group) is 2. The maximum Gasteiger partial charge on any atom is 0.0829 e. The average molecular weight is 200 g/mol. The molecule has 4 nitrogen and oxygen atoms in total. The largest absolute Gasteiger partial charge is 0.374 e. The van der Waals surface area contributed by atoms with Gasteiger partial charge < -0.3 is 19.7 Å². The van der Waals surface area contributed by atoms with Gasteiger partial charge in [-0.15, -0.1) is 0 Å². The molecule has 2 unspecified atom stereocenters. The van der Waals surface area contributed by atoms with Gasteiger partial charge in [-0.1, -0.05) is 0 Å². The molecule has 0 bridgehead atoms. The molecule has 2 rings (SSSR count). The second kappa shape index (κ2) is 4.57. The van der Waals surface area contributed by atoms with Crippen LogP contribution in [0.4, 0.5) is 0 Å². The van der Waals surface area contributed by atoms with E-state index in [0.717, 1.165) is 32.7 Å². The molecule has 0 aromatic rings. The first-order valence-corrected chi connectivity index (χ1v) is 5.38. The lowest BCUT2D eigenvalue weighted by Crippen LogP contribution is -2.49. The third-order valence-corrected chi connectivity index (χ3v) is 2.90. The van der Waals surface area contributed by atoms with Crippen molar-refractivity contribution < 1.29 is 9.47 Å². The van der Waals surface area contributed by atoms with Gasteiger partial charge in [0.15, 0.2) is 0 Å². The first-order valence-electron chi connectivity index (χ1n) is 5.38. The van der Waals surface area contributed by atoms with Gasteiger partial charge in [0.05, 0.1) is 25.4 Å². The molecule has 82 valence electrons. The van der Waals surface area contributed by atoms with E-state index in [4.69, 9.17) is 9.47 Å². The van der Waals surface area contributed by atoms with Crippen molar-refractivity contribution in [1.82, 2.24) is 10.2 Å². The number of likely N-dealkylation sites (tertiary alicyclic amines) is 1. The Morgan fingerprint density at radius 2 is 2.00 bits per heavy atom. The maximum absolute atomic E-state index is 5.61. The van der Waals surface area contributed by atoms with Gasteiger partial charge >= 0.3 is 0 Å². The molecular formula is C10H20N2O2. The molecule has 0 radical (unpaired) electrons. The van der Waals surface area contributed by atoms with Gasteiger partial charge in [0.1, 0.15) is 0 Å². The van der Waals surface area contributed by atoms with Gasteiger partial charge in [-0.05, 0) is 20.5 Å². The van der Waals surface area contributed by atoms with Crippen LogP contribution in [0.1, 0.15) is 6.42 Å². The van der Waals surface area contributed by atoms with Crippen molar-refractivity contribution in [1.29, 1.82) is 0 Å². The summed E-state index contributed by atoms with van der Waals surface area (Å²) >= 11 is 0. The van der Waals surface area contributed by atoms with E-state index in [1.165, 1.54) is 0 Å². The Balaban J connectivity index is 1.41. The molecule has 1 N–H and O–H groups in total. The van der Waals surface area contributed by atoms with Crippen LogP contribution in [0.3, 0.4) is 0 Å². The topological polar surface area (TPSA) is 33.7 Å². The van der Waals surface area contributed by atoms with Crippen molar-refractivity contribution in [2.75, 3.05) is 40.4 Å². The quantitative estimate of drug-likeness (QED) is 0.597. The van der Waals surface area contributed by atoms with Gasteiger partial charge in [-0.25, -0.2) is 0 Å². The number of hydrogen-bond donors (Lipinski definition) is 1. The number of ether oxygens (including phenoxy) is 2. The van der Waals surface area contributed by atoms with Gasteiger partial charge in [0.2, 0.25) is 0 Å². The number of rotatable bonds is 6. The lowest BCUT2D eigenvalue weighted by atomic mass is 10.2. The molecular weight excluding hydrogens is 180 g/mol. The maximum atomic E-state index is 5.61. The highest BCUT2D eigenvalue weighted by Crippen LogP contribution is 2.24. The number of nitrogens with one attached hydrogen (secondary N) is 1. The van der Waals surface area contributed by atoms with Crippen LogP contribution in [0.5, 0.6) is 0 Å². The lowest BCUT2D eigenvalue weighted by Gasteiger charge is -2.35.